The SMILES string of the molecule is CCC1CN(C2CN3CCC2CC3)CCCN1. The van der Waals surface area contributed by atoms with E-state index in [-0.39, 0.29) is 0 Å². The van der Waals surface area contributed by atoms with Gasteiger partial charge in [-0.1, -0.05) is 6.92 Å². The summed E-state index contributed by atoms with van der Waals surface area (Å²) in [5, 5.41) is 3.69. The Labute approximate surface area is 106 Å². The fourth-order valence-corrected chi connectivity index (χ4v) is 3.95. The van der Waals surface area contributed by atoms with Crippen LogP contribution in [0.5, 0.6) is 0 Å². The van der Waals surface area contributed by atoms with Crippen LogP contribution < -0.4 is 5.32 Å². The maximum Gasteiger partial charge on any atom is 0.0253 e. The molecule has 0 aromatic rings. The molecule has 0 aromatic heterocycles. The lowest BCUT2D eigenvalue weighted by atomic mass is 9.83. The van der Waals surface area contributed by atoms with Gasteiger partial charge in [-0.15, -0.1) is 0 Å². The van der Waals surface area contributed by atoms with Gasteiger partial charge in [0.05, 0.1) is 0 Å². The number of fused-ring (bicyclic) bond motifs is 3. The van der Waals surface area contributed by atoms with Gasteiger partial charge >= 0.3 is 0 Å². The third kappa shape index (κ3) is 2.51. The number of piperidine rings is 3. The van der Waals surface area contributed by atoms with Crippen molar-refractivity contribution in [3.8, 4) is 0 Å². The molecule has 17 heavy (non-hydrogen) atoms. The molecule has 0 amide bonds. The van der Waals surface area contributed by atoms with Crippen molar-refractivity contribution in [1.29, 1.82) is 0 Å². The van der Waals surface area contributed by atoms with Crippen LogP contribution in [0.3, 0.4) is 0 Å². The Morgan fingerprint density at radius 3 is 2.59 bits per heavy atom. The first-order chi connectivity index (χ1) is 8.36. The van der Waals surface area contributed by atoms with Crippen molar-refractivity contribution < 1.29 is 0 Å². The second kappa shape index (κ2) is 5.25. The minimum Gasteiger partial charge on any atom is -0.313 e. The largest absolute Gasteiger partial charge is 0.313 e. The van der Waals surface area contributed by atoms with Gasteiger partial charge in [0.15, 0.2) is 0 Å². The topological polar surface area (TPSA) is 18.5 Å². The Morgan fingerprint density at radius 2 is 1.94 bits per heavy atom. The molecular weight excluding hydrogens is 210 g/mol. The monoisotopic (exact) mass is 237 g/mol. The van der Waals surface area contributed by atoms with Gasteiger partial charge in [-0.25, -0.2) is 0 Å². The van der Waals surface area contributed by atoms with Gasteiger partial charge in [-0.3, -0.25) is 4.90 Å². The smallest absolute Gasteiger partial charge is 0.0253 e. The second-order valence-corrected chi connectivity index (χ2v) is 6.11. The maximum atomic E-state index is 3.69. The Balaban J connectivity index is 1.65. The van der Waals surface area contributed by atoms with Crippen LogP contribution >= 0.6 is 0 Å². The fraction of sp³-hybridized carbons (Fsp3) is 1.00. The first-order valence-corrected chi connectivity index (χ1v) is 7.56. The average molecular weight is 237 g/mol. The summed E-state index contributed by atoms with van der Waals surface area (Å²) in [4.78, 5) is 5.49. The van der Waals surface area contributed by atoms with Gasteiger partial charge in [0.1, 0.15) is 0 Å². The second-order valence-electron chi connectivity index (χ2n) is 6.11. The summed E-state index contributed by atoms with van der Waals surface area (Å²) < 4.78 is 0. The third-order valence-corrected chi connectivity index (χ3v) is 5.09. The molecule has 2 bridgehead atoms. The summed E-state index contributed by atoms with van der Waals surface area (Å²) in [5.41, 5.74) is 0. The van der Waals surface area contributed by atoms with Crippen LogP contribution in [0.1, 0.15) is 32.6 Å². The molecule has 4 saturated heterocycles. The summed E-state index contributed by atoms with van der Waals surface area (Å²) in [6, 6.07) is 1.60. The molecular formula is C14H27N3. The van der Waals surface area contributed by atoms with Gasteiger partial charge in [0, 0.05) is 25.2 Å². The molecule has 2 unspecified atom stereocenters. The van der Waals surface area contributed by atoms with E-state index in [1.807, 2.05) is 0 Å². The molecule has 3 heteroatoms. The third-order valence-electron chi connectivity index (χ3n) is 5.09. The van der Waals surface area contributed by atoms with Crippen LogP contribution in [-0.4, -0.2) is 61.2 Å². The molecule has 0 radical (unpaired) electrons. The number of hydrogen-bond acceptors (Lipinski definition) is 3. The average Bonchev–Trinajstić information content (AvgIpc) is 2.65. The number of nitrogens with one attached hydrogen (secondary N) is 1. The molecule has 4 aliphatic rings. The van der Waals surface area contributed by atoms with Crippen molar-refractivity contribution >= 4 is 0 Å². The van der Waals surface area contributed by atoms with Crippen molar-refractivity contribution in [3.63, 3.8) is 0 Å². The van der Waals surface area contributed by atoms with Crippen molar-refractivity contribution in [2.24, 2.45) is 5.92 Å². The van der Waals surface area contributed by atoms with E-state index in [9.17, 15) is 0 Å². The van der Waals surface area contributed by atoms with Crippen LogP contribution in [0.2, 0.25) is 0 Å². The van der Waals surface area contributed by atoms with Crippen LogP contribution in [0.4, 0.5) is 0 Å². The molecule has 4 rings (SSSR count). The number of nitrogens with zero attached hydrogens (tertiary/aromatic N) is 2. The highest BCUT2D eigenvalue weighted by Gasteiger charge is 2.38. The summed E-state index contributed by atoms with van der Waals surface area (Å²) in [6.45, 7) is 10.2. The van der Waals surface area contributed by atoms with E-state index in [1.54, 1.807) is 0 Å². The van der Waals surface area contributed by atoms with E-state index < -0.39 is 0 Å². The van der Waals surface area contributed by atoms with Crippen molar-refractivity contribution in [2.45, 2.75) is 44.7 Å². The lowest BCUT2D eigenvalue weighted by Gasteiger charge is -2.49. The predicted octanol–water partition coefficient (Wildman–Crippen LogP) is 1.15. The standard InChI is InChI=1S/C14H27N3/c1-2-13-10-17(7-3-6-15-13)14-11-16-8-4-12(14)5-9-16/h12-15H,2-11H2,1H3. The van der Waals surface area contributed by atoms with E-state index in [0.29, 0.717) is 0 Å². The fourth-order valence-electron chi connectivity index (χ4n) is 3.95. The first kappa shape index (κ1) is 11.9. The number of hydrogen-bond donors (Lipinski definition) is 1. The molecule has 4 fully saturated rings. The Morgan fingerprint density at radius 1 is 1.12 bits per heavy atom. The maximum absolute atomic E-state index is 3.69. The molecule has 4 heterocycles. The Bertz CT molecular complexity index is 248. The van der Waals surface area contributed by atoms with Crippen molar-refractivity contribution in [2.75, 3.05) is 39.3 Å². The van der Waals surface area contributed by atoms with Crippen LogP contribution in [-0.2, 0) is 0 Å². The summed E-state index contributed by atoms with van der Waals surface area (Å²) in [6.07, 6.45) is 5.51. The van der Waals surface area contributed by atoms with Gasteiger partial charge in [-0.05, 0) is 57.8 Å². The normalized spacial score (nSPS) is 43.6. The van der Waals surface area contributed by atoms with Gasteiger partial charge < -0.3 is 10.2 Å². The van der Waals surface area contributed by atoms with Gasteiger partial charge in [-0.2, -0.15) is 0 Å². The van der Waals surface area contributed by atoms with Gasteiger partial charge in [0.2, 0.25) is 0 Å². The lowest BCUT2D eigenvalue weighted by molar-refractivity contribution is 0.00460. The Kier molecular flexibility index (Phi) is 3.69. The zero-order valence-corrected chi connectivity index (χ0v) is 11.2. The molecule has 3 nitrogen and oxygen atoms in total. The zero-order valence-electron chi connectivity index (χ0n) is 11.2. The van der Waals surface area contributed by atoms with E-state index in [0.717, 1.165) is 18.0 Å². The summed E-state index contributed by atoms with van der Waals surface area (Å²) in [7, 11) is 0. The molecule has 0 aromatic carbocycles. The first-order valence-electron chi connectivity index (χ1n) is 7.56. The molecule has 2 atom stereocenters. The molecule has 0 aliphatic carbocycles. The predicted molar refractivity (Wildman–Crippen MR) is 71.2 cm³/mol. The van der Waals surface area contributed by atoms with Crippen LogP contribution in [0.25, 0.3) is 0 Å². The zero-order chi connectivity index (χ0) is 11.7. The summed E-state index contributed by atoms with van der Waals surface area (Å²) >= 11 is 0. The lowest BCUT2D eigenvalue weighted by Crippen LogP contribution is -2.58. The molecule has 1 N–H and O–H groups in total. The minimum atomic E-state index is 0.730. The summed E-state index contributed by atoms with van der Waals surface area (Å²) in [5.74, 6) is 0.996. The molecule has 0 spiro atoms. The van der Waals surface area contributed by atoms with Crippen LogP contribution in [0.15, 0.2) is 0 Å². The highest BCUT2D eigenvalue weighted by Crippen LogP contribution is 2.31. The molecule has 98 valence electrons. The minimum absolute atomic E-state index is 0.730. The van der Waals surface area contributed by atoms with Gasteiger partial charge in [0.25, 0.3) is 0 Å². The molecule has 0 saturated carbocycles. The van der Waals surface area contributed by atoms with Crippen LogP contribution in [0, 0.1) is 5.92 Å². The number of rotatable bonds is 2. The highest BCUT2D eigenvalue weighted by molar-refractivity contribution is 4.94. The van der Waals surface area contributed by atoms with E-state index in [4.69, 9.17) is 0 Å². The van der Waals surface area contributed by atoms with E-state index in [2.05, 4.69) is 22.0 Å². The van der Waals surface area contributed by atoms with E-state index >= 15 is 0 Å². The highest BCUT2D eigenvalue weighted by atomic mass is 15.3. The van der Waals surface area contributed by atoms with Crippen molar-refractivity contribution in [3.05, 3.63) is 0 Å². The van der Waals surface area contributed by atoms with Crippen molar-refractivity contribution in [1.82, 2.24) is 15.1 Å². The Hall–Kier alpha value is -0.120. The molecule has 4 aliphatic heterocycles. The van der Waals surface area contributed by atoms with E-state index in [1.165, 1.54) is 65.0 Å². The quantitative estimate of drug-likeness (QED) is 0.777.